The van der Waals surface area contributed by atoms with Crippen LogP contribution in [0.4, 0.5) is 5.69 Å². The van der Waals surface area contributed by atoms with Crippen LogP contribution in [0.25, 0.3) is 10.6 Å². The normalized spacial score (nSPS) is 10.4. The van der Waals surface area contributed by atoms with E-state index in [-0.39, 0.29) is 0 Å². The zero-order valence-corrected chi connectivity index (χ0v) is 12.0. The Morgan fingerprint density at radius 3 is 2.55 bits per heavy atom. The molecule has 0 aliphatic carbocycles. The molecule has 2 heterocycles. The van der Waals surface area contributed by atoms with E-state index in [1.165, 1.54) is 5.56 Å². The van der Waals surface area contributed by atoms with Crippen molar-refractivity contribution in [1.29, 1.82) is 0 Å². The average Bonchev–Trinajstić information content (AvgIpc) is 3.01. The molecule has 4 heteroatoms. The van der Waals surface area contributed by atoms with Gasteiger partial charge >= 0.3 is 0 Å². The fourth-order valence-corrected chi connectivity index (χ4v) is 2.54. The second kappa shape index (κ2) is 5.84. The Kier molecular flexibility index (Phi) is 3.74. The quantitative estimate of drug-likeness (QED) is 0.781. The lowest BCUT2D eigenvalue weighted by molar-refractivity contribution is 1.04. The van der Waals surface area contributed by atoms with E-state index in [0.717, 1.165) is 28.5 Å². The van der Waals surface area contributed by atoms with E-state index in [9.17, 15) is 0 Å². The maximum atomic E-state index is 4.38. The number of hydrogen-bond donors (Lipinski definition) is 1. The molecule has 3 nitrogen and oxygen atoms in total. The summed E-state index contributed by atoms with van der Waals surface area (Å²) < 4.78 is 0. The predicted octanol–water partition coefficient (Wildman–Crippen LogP) is 4.13. The maximum Gasteiger partial charge on any atom is 0.123 e. The fourth-order valence-electron chi connectivity index (χ4n) is 1.89. The molecule has 0 unspecified atom stereocenters. The molecule has 1 N–H and O–H groups in total. The highest BCUT2D eigenvalue weighted by atomic mass is 32.1. The smallest absolute Gasteiger partial charge is 0.123 e. The minimum absolute atomic E-state index is 0.733. The molecule has 1 aromatic carbocycles. The molecule has 100 valence electrons. The van der Waals surface area contributed by atoms with Crippen LogP contribution in [0.3, 0.4) is 0 Å². The molecular formula is C16H15N3S. The Hall–Kier alpha value is -2.20. The summed E-state index contributed by atoms with van der Waals surface area (Å²) in [5.41, 5.74) is 4.47. The van der Waals surface area contributed by atoms with E-state index in [1.807, 2.05) is 30.8 Å². The summed E-state index contributed by atoms with van der Waals surface area (Å²) >= 11 is 1.65. The van der Waals surface area contributed by atoms with Crippen LogP contribution in [0, 0.1) is 6.92 Å². The van der Waals surface area contributed by atoms with Crippen LogP contribution in [0.5, 0.6) is 0 Å². The van der Waals surface area contributed by atoms with Crippen molar-refractivity contribution in [3.8, 4) is 10.6 Å². The zero-order chi connectivity index (χ0) is 13.8. The van der Waals surface area contributed by atoms with Gasteiger partial charge in [0.25, 0.3) is 0 Å². The number of hydrogen-bond acceptors (Lipinski definition) is 4. The minimum atomic E-state index is 0.733. The number of aromatic nitrogens is 2. The molecule has 20 heavy (non-hydrogen) atoms. The third-order valence-electron chi connectivity index (χ3n) is 3.01. The maximum absolute atomic E-state index is 4.38. The first kappa shape index (κ1) is 12.8. The summed E-state index contributed by atoms with van der Waals surface area (Å²) in [6, 6.07) is 12.4. The molecule has 3 rings (SSSR count). The lowest BCUT2D eigenvalue weighted by Crippen LogP contribution is -2.01. The largest absolute Gasteiger partial charge is 0.379 e. The van der Waals surface area contributed by atoms with Crippen molar-refractivity contribution in [3.63, 3.8) is 0 Å². The van der Waals surface area contributed by atoms with Gasteiger partial charge in [-0.05, 0) is 42.8 Å². The number of aryl methyl sites for hydroxylation is 1. The molecule has 0 spiro atoms. The van der Waals surface area contributed by atoms with Gasteiger partial charge in [0.15, 0.2) is 0 Å². The SMILES string of the molecule is Cc1ccc(CNc2ccc(-c3nccs3)cc2)nc1. The summed E-state index contributed by atoms with van der Waals surface area (Å²) in [4.78, 5) is 8.69. The number of nitrogens with zero attached hydrogens (tertiary/aromatic N) is 2. The second-order valence-corrected chi connectivity index (χ2v) is 5.49. The molecule has 0 saturated carbocycles. The first-order chi connectivity index (χ1) is 9.81. The lowest BCUT2D eigenvalue weighted by atomic mass is 10.2. The molecule has 0 saturated heterocycles. The molecule has 0 aliphatic rings. The van der Waals surface area contributed by atoms with Crippen molar-refractivity contribution >= 4 is 17.0 Å². The monoisotopic (exact) mass is 281 g/mol. The zero-order valence-electron chi connectivity index (χ0n) is 11.2. The Bertz CT molecular complexity index is 658. The summed E-state index contributed by atoms with van der Waals surface area (Å²) in [6.07, 6.45) is 3.72. The number of nitrogens with one attached hydrogen (secondary N) is 1. The molecule has 0 amide bonds. The van der Waals surface area contributed by atoms with Gasteiger partial charge < -0.3 is 5.32 Å². The molecule has 2 aromatic heterocycles. The fraction of sp³-hybridized carbons (Fsp3) is 0.125. The van der Waals surface area contributed by atoms with E-state index in [0.29, 0.717) is 0 Å². The van der Waals surface area contributed by atoms with Gasteiger partial charge in [0.1, 0.15) is 5.01 Å². The standard InChI is InChI=1S/C16H15N3S/c1-12-2-5-15(18-10-12)11-19-14-6-3-13(4-7-14)16-17-8-9-20-16/h2-10,19H,11H2,1H3. The number of thiazole rings is 1. The van der Waals surface area contributed by atoms with E-state index < -0.39 is 0 Å². The van der Waals surface area contributed by atoms with Crippen molar-refractivity contribution in [1.82, 2.24) is 9.97 Å². The van der Waals surface area contributed by atoms with Gasteiger partial charge in [0.2, 0.25) is 0 Å². The average molecular weight is 281 g/mol. The highest BCUT2D eigenvalue weighted by molar-refractivity contribution is 7.13. The summed E-state index contributed by atoms with van der Waals surface area (Å²) in [5, 5.41) is 6.42. The number of anilines is 1. The van der Waals surface area contributed by atoms with Crippen LogP contribution in [0.1, 0.15) is 11.3 Å². The third-order valence-corrected chi connectivity index (χ3v) is 3.83. The summed E-state index contributed by atoms with van der Waals surface area (Å²) in [7, 11) is 0. The van der Waals surface area contributed by atoms with Crippen molar-refractivity contribution in [3.05, 3.63) is 65.4 Å². The highest BCUT2D eigenvalue weighted by Crippen LogP contribution is 2.23. The Morgan fingerprint density at radius 1 is 1.05 bits per heavy atom. The van der Waals surface area contributed by atoms with Crippen molar-refractivity contribution in [2.45, 2.75) is 13.5 Å². The van der Waals surface area contributed by atoms with Crippen LogP contribution in [0.15, 0.2) is 54.2 Å². The first-order valence-electron chi connectivity index (χ1n) is 6.46. The second-order valence-electron chi connectivity index (χ2n) is 4.60. The van der Waals surface area contributed by atoms with Crippen molar-refractivity contribution in [2.75, 3.05) is 5.32 Å². The summed E-state index contributed by atoms with van der Waals surface area (Å²) in [5.74, 6) is 0. The summed E-state index contributed by atoms with van der Waals surface area (Å²) in [6.45, 7) is 2.78. The van der Waals surface area contributed by atoms with Crippen LogP contribution in [-0.4, -0.2) is 9.97 Å². The van der Waals surface area contributed by atoms with Crippen molar-refractivity contribution < 1.29 is 0 Å². The molecule has 0 bridgehead atoms. The minimum Gasteiger partial charge on any atom is -0.379 e. The number of benzene rings is 1. The van der Waals surface area contributed by atoms with Gasteiger partial charge in [-0.3, -0.25) is 4.98 Å². The van der Waals surface area contributed by atoms with Gasteiger partial charge in [0, 0.05) is 29.0 Å². The van der Waals surface area contributed by atoms with Crippen LogP contribution >= 0.6 is 11.3 Å². The van der Waals surface area contributed by atoms with E-state index in [4.69, 9.17) is 0 Å². The molecule has 0 radical (unpaired) electrons. The van der Waals surface area contributed by atoms with E-state index in [2.05, 4.69) is 45.6 Å². The van der Waals surface area contributed by atoms with Gasteiger partial charge in [0.05, 0.1) is 12.2 Å². The molecule has 0 atom stereocenters. The van der Waals surface area contributed by atoms with E-state index >= 15 is 0 Å². The van der Waals surface area contributed by atoms with E-state index in [1.54, 1.807) is 11.3 Å². The van der Waals surface area contributed by atoms with Crippen molar-refractivity contribution in [2.24, 2.45) is 0 Å². The Labute approximate surface area is 122 Å². The predicted molar refractivity (Wildman–Crippen MR) is 83.9 cm³/mol. The topological polar surface area (TPSA) is 37.8 Å². The molecule has 0 fully saturated rings. The Morgan fingerprint density at radius 2 is 1.90 bits per heavy atom. The highest BCUT2D eigenvalue weighted by Gasteiger charge is 2.00. The van der Waals surface area contributed by atoms with Crippen LogP contribution < -0.4 is 5.32 Å². The number of pyridine rings is 1. The van der Waals surface area contributed by atoms with Crippen LogP contribution in [-0.2, 0) is 6.54 Å². The molecule has 0 aliphatic heterocycles. The Balaban J connectivity index is 1.65. The van der Waals surface area contributed by atoms with Crippen LogP contribution in [0.2, 0.25) is 0 Å². The lowest BCUT2D eigenvalue weighted by Gasteiger charge is -2.06. The van der Waals surface area contributed by atoms with Gasteiger partial charge in [-0.2, -0.15) is 0 Å². The first-order valence-corrected chi connectivity index (χ1v) is 7.34. The molecule has 3 aromatic rings. The third kappa shape index (κ3) is 3.03. The molecular weight excluding hydrogens is 266 g/mol. The van der Waals surface area contributed by atoms with Gasteiger partial charge in [-0.25, -0.2) is 4.98 Å². The van der Waals surface area contributed by atoms with Gasteiger partial charge in [-0.15, -0.1) is 11.3 Å². The number of rotatable bonds is 4. The van der Waals surface area contributed by atoms with Gasteiger partial charge in [-0.1, -0.05) is 6.07 Å².